The fourth-order valence-corrected chi connectivity index (χ4v) is 2.91. The summed E-state index contributed by atoms with van der Waals surface area (Å²) in [4.78, 5) is 0. The van der Waals surface area contributed by atoms with Crippen molar-refractivity contribution in [3.05, 3.63) is 33.3 Å². The van der Waals surface area contributed by atoms with Gasteiger partial charge in [0.25, 0.3) is 0 Å². The van der Waals surface area contributed by atoms with Gasteiger partial charge in [-0.05, 0) is 37.0 Å². The Morgan fingerprint density at radius 2 is 2.11 bits per heavy atom. The van der Waals surface area contributed by atoms with Crippen LogP contribution in [0, 0.1) is 5.92 Å². The van der Waals surface area contributed by atoms with E-state index in [-0.39, 0.29) is 0 Å². The van der Waals surface area contributed by atoms with Crippen LogP contribution in [0.4, 0.5) is 0 Å². The number of benzene rings is 1. The lowest BCUT2D eigenvalue weighted by atomic mass is 9.94. The predicted molar refractivity (Wildman–Crippen MR) is 80.9 cm³/mol. The number of hydrogen-bond acceptors (Lipinski definition) is 2. The van der Waals surface area contributed by atoms with Gasteiger partial charge in [-0.15, -0.1) is 0 Å². The van der Waals surface area contributed by atoms with Crippen LogP contribution < -0.4 is 5.32 Å². The molecular weight excluding hydrogens is 314 g/mol. The first-order chi connectivity index (χ1) is 8.30. The Hall–Kier alpha value is -0.0900. The van der Waals surface area contributed by atoms with Gasteiger partial charge in [0, 0.05) is 22.6 Å². The number of hydrogen-bond donors (Lipinski definition) is 2. The first-order valence-electron chi connectivity index (χ1n) is 6.17. The van der Waals surface area contributed by atoms with Gasteiger partial charge in [-0.2, -0.15) is 0 Å². The second kappa shape index (κ2) is 6.90. The summed E-state index contributed by atoms with van der Waals surface area (Å²) in [5.41, 5.74) is 0.479. The Morgan fingerprint density at radius 3 is 2.67 bits per heavy atom. The molecule has 0 bridgehead atoms. The van der Waals surface area contributed by atoms with Crippen LogP contribution in [0.1, 0.15) is 32.8 Å². The lowest BCUT2D eigenvalue weighted by molar-refractivity contribution is 0.0383. The van der Waals surface area contributed by atoms with Gasteiger partial charge in [-0.1, -0.05) is 47.4 Å². The maximum atomic E-state index is 10.2. The van der Waals surface area contributed by atoms with Crippen molar-refractivity contribution in [2.75, 3.05) is 6.54 Å². The maximum Gasteiger partial charge on any atom is 0.0746 e. The Labute approximate surface area is 123 Å². The lowest BCUT2D eigenvalue weighted by Gasteiger charge is -2.25. The SMILES string of the molecule is CC(C)CC(C)(O)CNCc1ccc(Cl)cc1Br. The number of halogens is 2. The van der Waals surface area contributed by atoms with Gasteiger partial charge in [0.15, 0.2) is 0 Å². The van der Waals surface area contributed by atoms with Crippen LogP contribution in [0.5, 0.6) is 0 Å². The second-order valence-electron chi connectivity index (χ2n) is 5.43. The van der Waals surface area contributed by atoms with Crippen LogP contribution in [-0.2, 0) is 6.54 Å². The molecule has 0 aliphatic carbocycles. The van der Waals surface area contributed by atoms with E-state index in [9.17, 15) is 5.11 Å². The highest BCUT2D eigenvalue weighted by Gasteiger charge is 2.21. The lowest BCUT2D eigenvalue weighted by Crippen LogP contribution is -2.38. The van der Waals surface area contributed by atoms with Crippen molar-refractivity contribution in [3.63, 3.8) is 0 Å². The minimum absolute atomic E-state index is 0.490. The molecular formula is C14H21BrClNO. The van der Waals surface area contributed by atoms with E-state index in [2.05, 4.69) is 35.1 Å². The fourth-order valence-electron chi connectivity index (χ4n) is 2.08. The zero-order valence-corrected chi connectivity index (χ0v) is 13.5. The first-order valence-corrected chi connectivity index (χ1v) is 7.34. The van der Waals surface area contributed by atoms with Crippen molar-refractivity contribution < 1.29 is 5.11 Å². The molecule has 1 atom stereocenters. The summed E-state index contributed by atoms with van der Waals surface area (Å²) in [6, 6.07) is 5.73. The largest absolute Gasteiger partial charge is 0.389 e. The molecule has 2 N–H and O–H groups in total. The van der Waals surface area contributed by atoms with E-state index < -0.39 is 5.60 Å². The van der Waals surface area contributed by atoms with Crippen LogP contribution >= 0.6 is 27.5 Å². The molecule has 0 saturated heterocycles. The highest BCUT2D eigenvalue weighted by atomic mass is 79.9. The van der Waals surface area contributed by atoms with E-state index in [4.69, 9.17) is 11.6 Å². The normalized spacial score (nSPS) is 14.8. The molecule has 2 nitrogen and oxygen atoms in total. The zero-order chi connectivity index (χ0) is 13.8. The van der Waals surface area contributed by atoms with E-state index in [0.29, 0.717) is 19.0 Å². The summed E-state index contributed by atoms with van der Waals surface area (Å²) in [5.74, 6) is 0.490. The van der Waals surface area contributed by atoms with Crippen LogP contribution in [-0.4, -0.2) is 17.3 Å². The molecule has 1 rings (SSSR count). The molecule has 1 aromatic carbocycles. The van der Waals surface area contributed by atoms with Gasteiger partial charge in [0.1, 0.15) is 0 Å². The molecule has 0 aliphatic rings. The minimum Gasteiger partial charge on any atom is -0.389 e. The Morgan fingerprint density at radius 1 is 1.44 bits per heavy atom. The molecule has 0 aromatic heterocycles. The van der Waals surface area contributed by atoms with Gasteiger partial charge >= 0.3 is 0 Å². The summed E-state index contributed by atoms with van der Waals surface area (Å²) in [5, 5.41) is 14.2. The highest BCUT2D eigenvalue weighted by molar-refractivity contribution is 9.10. The van der Waals surface area contributed by atoms with Crippen LogP contribution in [0.3, 0.4) is 0 Å². The molecule has 0 radical (unpaired) electrons. The third-order valence-electron chi connectivity index (χ3n) is 2.68. The topological polar surface area (TPSA) is 32.3 Å². The standard InChI is InChI=1S/C14H21BrClNO/c1-10(2)7-14(3,18)9-17-8-11-4-5-12(16)6-13(11)15/h4-6,10,17-18H,7-9H2,1-3H3. The van der Waals surface area contributed by atoms with Gasteiger partial charge in [-0.3, -0.25) is 0 Å². The summed E-state index contributed by atoms with van der Waals surface area (Å²) in [6.45, 7) is 7.40. The van der Waals surface area contributed by atoms with Crippen molar-refractivity contribution in [3.8, 4) is 0 Å². The van der Waals surface area contributed by atoms with E-state index in [0.717, 1.165) is 21.5 Å². The molecule has 4 heteroatoms. The van der Waals surface area contributed by atoms with Crippen molar-refractivity contribution in [1.29, 1.82) is 0 Å². The number of nitrogens with one attached hydrogen (secondary N) is 1. The molecule has 18 heavy (non-hydrogen) atoms. The van der Waals surface area contributed by atoms with E-state index >= 15 is 0 Å². The average molecular weight is 335 g/mol. The van der Waals surface area contributed by atoms with Gasteiger partial charge in [0.05, 0.1) is 5.60 Å². The first kappa shape index (κ1) is 16.0. The molecule has 1 unspecified atom stereocenters. The fraction of sp³-hybridized carbons (Fsp3) is 0.571. The molecule has 0 heterocycles. The average Bonchev–Trinajstić information content (AvgIpc) is 2.19. The van der Waals surface area contributed by atoms with Crippen LogP contribution in [0.2, 0.25) is 5.02 Å². The number of rotatable bonds is 6. The molecule has 102 valence electrons. The predicted octanol–water partition coefficient (Wildman–Crippen LogP) is 3.99. The van der Waals surface area contributed by atoms with Crippen LogP contribution in [0.25, 0.3) is 0 Å². The molecule has 0 amide bonds. The zero-order valence-electron chi connectivity index (χ0n) is 11.1. The molecule has 1 aromatic rings. The van der Waals surface area contributed by atoms with E-state index in [1.807, 2.05) is 25.1 Å². The van der Waals surface area contributed by atoms with E-state index in [1.54, 1.807) is 0 Å². The summed E-state index contributed by atoms with van der Waals surface area (Å²) >= 11 is 9.37. The van der Waals surface area contributed by atoms with E-state index in [1.165, 1.54) is 0 Å². The van der Waals surface area contributed by atoms with Crippen molar-refractivity contribution in [2.24, 2.45) is 5.92 Å². The third kappa shape index (κ3) is 5.70. The van der Waals surface area contributed by atoms with Crippen molar-refractivity contribution in [1.82, 2.24) is 5.32 Å². The molecule has 0 saturated carbocycles. The molecule has 0 spiro atoms. The quantitative estimate of drug-likeness (QED) is 0.824. The van der Waals surface area contributed by atoms with Gasteiger partial charge in [-0.25, -0.2) is 0 Å². The van der Waals surface area contributed by atoms with Crippen LogP contribution in [0.15, 0.2) is 22.7 Å². The summed E-state index contributed by atoms with van der Waals surface area (Å²) < 4.78 is 0.992. The van der Waals surface area contributed by atoms with Crippen molar-refractivity contribution >= 4 is 27.5 Å². The minimum atomic E-state index is -0.660. The van der Waals surface area contributed by atoms with Gasteiger partial charge < -0.3 is 10.4 Å². The Bertz CT molecular complexity index is 393. The monoisotopic (exact) mass is 333 g/mol. The number of aliphatic hydroxyl groups is 1. The summed E-state index contributed by atoms with van der Waals surface area (Å²) in [6.07, 6.45) is 0.793. The maximum absolute atomic E-state index is 10.2. The highest BCUT2D eigenvalue weighted by Crippen LogP contribution is 2.21. The Kier molecular flexibility index (Phi) is 6.12. The smallest absolute Gasteiger partial charge is 0.0746 e. The molecule has 0 aliphatic heterocycles. The van der Waals surface area contributed by atoms with Crippen molar-refractivity contribution in [2.45, 2.75) is 39.3 Å². The van der Waals surface area contributed by atoms with Gasteiger partial charge in [0.2, 0.25) is 0 Å². The Balaban J connectivity index is 2.46. The third-order valence-corrected chi connectivity index (χ3v) is 3.66. The summed E-state index contributed by atoms with van der Waals surface area (Å²) in [7, 11) is 0. The molecule has 0 fully saturated rings. The second-order valence-corrected chi connectivity index (χ2v) is 6.72.